The largest absolute Gasteiger partial charge is 0.336 e. The molecule has 0 aliphatic carbocycles. The molecule has 0 radical (unpaired) electrons. The number of amides is 1. The first-order valence-corrected chi connectivity index (χ1v) is 6.58. The molecule has 0 atom stereocenters. The molecule has 1 amide bonds. The van der Waals surface area contributed by atoms with Gasteiger partial charge in [-0.3, -0.25) is 9.48 Å². The third-order valence-electron chi connectivity index (χ3n) is 2.83. The van der Waals surface area contributed by atoms with Crippen molar-refractivity contribution in [3.05, 3.63) is 46.7 Å². The van der Waals surface area contributed by atoms with Crippen LogP contribution in [0.5, 0.6) is 0 Å². The van der Waals surface area contributed by atoms with E-state index >= 15 is 0 Å². The average Bonchev–Trinajstić information content (AvgIpc) is 2.89. The van der Waals surface area contributed by atoms with Gasteiger partial charge in [-0.1, -0.05) is 35.0 Å². The van der Waals surface area contributed by atoms with Crippen molar-refractivity contribution >= 4 is 17.5 Å². The van der Waals surface area contributed by atoms with Crippen LogP contribution in [0.1, 0.15) is 16.1 Å². The minimum atomic E-state index is -0.201. The Labute approximate surface area is 122 Å². The lowest BCUT2D eigenvalue weighted by Crippen LogP contribution is -2.26. The molecule has 6 nitrogen and oxygen atoms in total. The van der Waals surface area contributed by atoms with Gasteiger partial charge in [0.1, 0.15) is 0 Å². The van der Waals surface area contributed by atoms with Gasteiger partial charge in [0, 0.05) is 25.2 Å². The van der Waals surface area contributed by atoms with Gasteiger partial charge < -0.3 is 10.6 Å². The predicted octanol–water partition coefficient (Wildman–Crippen LogP) is 1.16. The van der Waals surface area contributed by atoms with Crippen LogP contribution in [-0.4, -0.2) is 39.4 Å². The lowest BCUT2D eigenvalue weighted by atomic mass is 10.2. The van der Waals surface area contributed by atoms with Crippen molar-refractivity contribution in [3.8, 4) is 0 Å². The van der Waals surface area contributed by atoms with Gasteiger partial charge in [-0.25, -0.2) is 0 Å². The van der Waals surface area contributed by atoms with Crippen molar-refractivity contribution in [1.29, 1.82) is 0 Å². The highest BCUT2D eigenvalue weighted by Crippen LogP contribution is 2.17. The summed E-state index contributed by atoms with van der Waals surface area (Å²) < 4.78 is 1.55. The number of rotatable bonds is 5. The maximum Gasteiger partial charge on any atom is 0.276 e. The minimum Gasteiger partial charge on any atom is -0.336 e. The Morgan fingerprint density at radius 1 is 1.45 bits per heavy atom. The van der Waals surface area contributed by atoms with E-state index < -0.39 is 0 Å². The summed E-state index contributed by atoms with van der Waals surface area (Å²) in [6, 6.07) is 7.42. The van der Waals surface area contributed by atoms with Crippen molar-refractivity contribution in [2.75, 3.05) is 13.6 Å². The second-order valence-electron chi connectivity index (χ2n) is 4.41. The highest BCUT2D eigenvalue weighted by molar-refractivity contribution is 6.31. The van der Waals surface area contributed by atoms with E-state index in [2.05, 4.69) is 10.3 Å². The van der Waals surface area contributed by atoms with Crippen LogP contribution in [0.4, 0.5) is 0 Å². The van der Waals surface area contributed by atoms with Gasteiger partial charge in [0.05, 0.1) is 12.7 Å². The minimum absolute atomic E-state index is 0.201. The third kappa shape index (κ3) is 3.34. The predicted molar refractivity (Wildman–Crippen MR) is 76.3 cm³/mol. The van der Waals surface area contributed by atoms with E-state index in [-0.39, 0.29) is 5.91 Å². The molecule has 0 unspecified atom stereocenters. The second-order valence-corrected chi connectivity index (χ2v) is 4.82. The van der Waals surface area contributed by atoms with Crippen molar-refractivity contribution < 1.29 is 4.79 Å². The zero-order chi connectivity index (χ0) is 14.5. The fourth-order valence-corrected chi connectivity index (χ4v) is 1.98. The summed E-state index contributed by atoms with van der Waals surface area (Å²) in [7, 11) is 1.70. The van der Waals surface area contributed by atoms with Crippen LogP contribution in [-0.2, 0) is 13.1 Å². The Morgan fingerprint density at radius 2 is 2.20 bits per heavy atom. The zero-order valence-corrected chi connectivity index (χ0v) is 11.9. The van der Waals surface area contributed by atoms with Crippen LogP contribution in [0.3, 0.4) is 0 Å². The number of hydrogen-bond acceptors (Lipinski definition) is 4. The smallest absolute Gasteiger partial charge is 0.276 e. The number of halogens is 1. The first kappa shape index (κ1) is 14.5. The lowest BCUT2D eigenvalue weighted by Gasteiger charge is -2.16. The molecule has 0 bridgehead atoms. The summed E-state index contributed by atoms with van der Waals surface area (Å²) >= 11 is 6.08. The van der Waals surface area contributed by atoms with E-state index in [0.29, 0.717) is 30.4 Å². The molecular formula is C13H16ClN5O. The Bertz CT molecular complexity index is 598. The number of nitrogens with two attached hydrogens (primary N) is 1. The molecular weight excluding hydrogens is 278 g/mol. The molecule has 0 saturated heterocycles. The summed E-state index contributed by atoms with van der Waals surface area (Å²) in [5, 5.41) is 8.34. The fraction of sp³-hybridized carbons (Fsp3) is 0.308. The second kappa shape index (κ2) is 6.49. The van der Waals surface area contributed by atoms with Crippen molar-refractivity contribution in [1.82, 2.24) is 19.9 Å². The standard InChI is InChI=1S/C13H16ClN5O/c1-18(8-10-4-2-3-5-11(10)14)13(20)12-9-19(7-6-15)17-16-12/h2-5,9H,6-8,15H2,1H3. The van der Waals surface area contributed by atoms with Crippen molar-refractivity contribution in [3.63, 3.8) is 0 Å². The number of aromatic nitrogens is 3. The van der Waals surface area contributed by atoms with Crippen LogP contribution in [0.25, 0.3) is 0 Å². The molecule has 1 aromatic carbocycles. The fourth-order valence-electron chi connectivity index (χ4n) is 1.79. The van der Waals surface area contributed by atoms with E-state index in [1.165, 1.54) is 0 Å². The van der Waals surface area contributed by atoms with Crippen LogP contribution in [0, 0.1) is 0 Å². The molecule has 0 spiro atoms. The van der Waals surface area contributed by atoms with Gasteiger partial charge in [0.2, 0.25) is 0 Å². The molecule has 20 heavy (non-hydrogen) atoms. The Kier molecular flexibility index (Phi) is 4.70. The van der Waals surface area contributed by atoms with E-state index in [0.717, 1.165) is 5.56 Å². The first-order valence-electron chi connectivity index (χ1n) is 6.21. The Balaban J connectivity index is 2.06. The molecule has 2 rings (SSSR count). The number of carbonyl (C=O) groups is 1. The Hall–Kier alpha value is -1.92. The van der Waals surface area contributed by atoms with Gasteiger partial charge in [0.15, 0.2) is 5.69 Å². The van der Waals surface area contributed by atoms with Gasteiger partial charge in [0.25, 0.3) is 5.91 Å². The van der Waals surface area contributed by atoms with Crippen LogP contribution >= 0.6 is 11.6 Å². The van der Waals surface area contributed by atoms with Gasteiger partial charge >= 0.3 is 0 Å². The monoisotopic (exact) mass is 293 g/mol. The topological polar surface area (TPSA) is 77.0 Å². The number of nitrogens with zero attached hydrogens (tertiary/aromatic N) is 4. The quantitative estimate of drug-likeness (QED) is 0.897. The molecule has 0 fully saturated rings. The summed E-state index contributed by atoms with van der Waals surface area (Å²) in [5.74, 6) is -0.201. The van der Waals surface area contributed by atoms with Gasteiger partial charge in [-0.15, -0.1) is 5.10 Å². The number of hydrogen-bond donors (Lipinski definition) is 1. The maximum atomic E-state index is 12.2. The van der Waals surface area contributed by atoms with E-state index in [4.69, 9.17) is 17.3 Å². The van der Waals surface area contributed by atoms with Gasteiger partial charge in [-0.05, 0) is 11.6 Å². The van der Waals surface area contributed by atoms with Gasteiger partial charge in [-0.2, -0.15) is 0 Å². The Morgan fingerprint density at radius 3 is 2.90 bits per heavy atom. The van der Waals surface area contributed by atoms with Crippen molar-refractivity contribution in [2.24, 2.45) is 5.73 Å². The SMILES string of the molecule is CN(Cc1ccccc1Cl)C(=O)c1cn(CCN)nn1. The molecule has 1 aromatic heterocycles. The molecule has 0 aliphatic rings. The molecule has 2 aromatic rings. The summed E-state index contributed by atoms with van der Waals surface area (Å²) in [5.41, 5.74) is 6.61. The first-order chi connectivity index (χ1) is 9.61. The normalized spacial score (nSPS) is 10.6. The molecule has 7 heteroatoms. The highest BCUT2D eigenvalue weighted by Gasteiger charge is 2.16. The van der Waals surface area contributed by atoms with E-state index in [9.17, 15) is 4.79 Å². The van der Waals surface area contributed by atoms with Crippen LogP contribution in [0.15, 0.2) is 30.5 Å². The number of benzene rings is 1. The molecule has 1 heterocycles. The molecule has 2 N–H and O–H groups in total. The van der Waals surface area contributed by atoms with E-state index in [1.807, 2.05) is 18.2 Å². The zero-order valence-electron chi connectivity index (χ0n) is 11.2. The summed E-state index contributed by atoms with van der Waals surface area (Å²) in [4.78, 5) is 13.8. The van der Waals surface area contributed by atoms with Crippen LogP contribution in [0.2, 0.25) is 5.02 Å². The maximum absolute atomic E-state index is 12.2. The van der Waals surface area contributed by atoms with Crippen LogP contribution < -0.4 is 5.73 Å². The molecule has 106 valence electrons. The average molecular weight is 294 g/mol. The van der Waals surface area contributed by atoms with E-state index in [1.54, 1.807) is 28.9 Å². The molecule has 0 aliphatic heterocycles. The van der Waals surface area contributed by atoms with Crippen molar-refractivity contribution in [2.45, 2.75) is 13.1 Å². The third-order valence-corrected chi connectivity index (χ3v) is 3.20. The summed E-state index contributed by atoms with van der Waals surface area (Å²) in [6.45, 7) is 1.41. The highest BCUT2D eigenvalue weighted by atomic mass is 35.5. The number of carbonyl (C=O) groups excluding carboxylic acids is 1. The summed E-state index contributed by atoms with van der Waals surface area (Å²) in [6.07, 6.45) is 1.60. The molecule has 0 saturated carbocycles. The lowest BCUT2D eigenvalue weighted by molar-refractivity contribution is 0.0779.